The van der Waals surface area contributed by atoms with E-state index in [0.29, 0.717) is 17.7 Å². The number of sulfonamides is 1. The van der Waals surface area contributed by atoms with Crippen LogP contribution >= 0.6 is 0 Å². The largest absolute Gasteiger partial charge is 0.374 e. The van der Waals surface area contributed by atoms with Gasteiger partial charge in [-0.15, -0.1) is 0 Å². The van der Waals surface area contributed by atoms with Gasteiger partial charge in [-0.2, -0.15) is 4.31 Å². The SMILES string of the molecule is Cc1cc(F)cc(C)c1S(=O)(=O)N1CCOC(C(C)N)C1. The highest BCUT2D eigenvalue weighted by Gasteiger charge is 2.34. The van der Waals surface area contributed by atoms with Crippen LogP contribution in [-0.2, 0) is 14.8 Å². The van der Waals surface area contributed by atoms with Crippen LogP contribution in [0.25, 0.3) is 0 Å². The Hall–Kier alpha value is -1.02. The fourth-order valence-electron chi connectivity index (χ4n) is 2.62. The Kier molecular flexibility index (Phi) is 4.67. The number of benzene rings is 1. The van der Waals surface area contributed by atoms with Gasteiger partial charge in [-0.3, -0.25) is 0 Å². The summed E-state index contributed by atoms with van der Waals surface area (Å²) in [6.07, 6.45) is -0.324. The quantitative estimate of drug-likeness (QED) is 0.909. The average molecular weight is 316 g/mol. The third-order valence-corrected chi connectivity index (χ3v) is 5.84. The molecular weight excluding hydrogens is 295 g/mol. The summed E-state index contributed by atoms with van der Waals surface area (Å²) < 4.78 is 45.9. The Morgan fingerprint density at radius 3 is 2.48 bits per heavy atom. The van der Waals surface area contributed by atoms with E-state index in [1.54, 1.807) is 20.8 Å². The van der Waals surface area contributed by atoms with E-state index in [2.05, 4.69) is 0 Å². The molecule has 2 atom stereocenters. The van der Waals surface area contributed by atoms with Crippen LogP contribution in [0.5, 0.6) is 0 Å². The molecule has 0 bridgehead atoms. The summed E-state index contributed by atoms with van der Waals surface area (Å²) in [5.74, 6) is -0.431. The minimum atomic E-state index is -3.68. The fourth-order valence-corrected chi connectivity index (χ4v) is 4.47. The first-order valence-corrected chi connectivity index (χ1v) is 8.31. The molecule has 118 valence electrons. The second kappa shape index (κ2) is 6.00. The number of nitrogens with two attached hydrogens (primary N) is 1. The zero-order valence-corrected chi connectivity index (χ0v) is 13.3. The standard InChI is InChI=1S/C14H21FN2O3S/c1-9-6-12(15)7-10(2)14(9)21(18,19)17-4-5-20-13(8-17)11(3)16/h6-7,11,13H,4-5,8,16H2,1-3H3. The van der Waals surface area contributed by atoms with E-state index in [0.717, 1.165) is 0 Å². The summed E-state index contributed by atoms with van der Waals surface area (Å²) in [4.78, 5) is 0.175. The zero-order valence-electron chi connectivity index (χ0n) is 12.5. The first kappa shape index (κ1) is 16.4. The van der Waals surface area contributed by atoms with Crippen molar-refractivity contribution in [2.45, 2.75) is 37.8 Å². The second-order valence-corrected chi connectivity index (χ2v) is 7.37. The summed E-state index contributed by atoms with van der Waals surface area (Å²) in [6, 6.07) is 2.23. The molecule has 0 saturated carbocycles. The van der Waals surface area contributed by atoms with Crippen molar-refractivity contribution in [3.8, 4) is 0 Å². The van der Waals surface area contributed by atoms with E-state index in [1.807, 2.05) is 0 Å². The molecule has 1 aromatic carbocycles. The highest BCUT2D eigenvalue weighted by molar-refractivity contribution is 7.89. The van der Waals surface area contributed by atoms with Crippen molar-refractivity contribution in [2.24, 2.45) is 5.73 Å². The van der Waals surface area contributed by atoms with E-state index in [9.17, 15) is 12.8 Å². The molecule has 2 unspecified atom stereocenters. The molecule has 0 aromatic heterocycles. The van der Waals surface area contributed by atoms with Crippen LogP contribution in [-0.4, -0.2) is 44.6 Å². The molecule has 0 radical (unpaired) electrons. The zero-order chi connectivity index (χ0) is 15.8. The van der Waals surface area contributed by atoms with Crippen molar-refractivity contribution < 1.29 is 17.5 Å². The van der Waals surface area contributed by atoms with Gasteiger partial charge in [0.25, 0.3) is 0 Å². The molecule has 1 aliphatic heterocycles. The maximum Gasteiger partial charge on any atom is 0.243 e. The van der Waals surface area contributed by atoms with E-state index in [-0.39, 0.29) is 30.1 Å². The van der Waals surface area contributed by atoms with Crippen LogP contribution in [0.2, 0.25) is 0 Å². The Labute approximate surface area is 124 Å². The normalized spacial score (nSPS) is 22.2. The molecule has 0 amide bonds. The first-order chi connectivity index (χ1) is 9.73. The molecule has 0 spiro atoms. The number of hydrogen-bond acceptors (Lipinski definition) is 4. The van der Waals surface area contributed by atoms with Crippen LogP contribution < -0.4 is 5.73 Å². The molecule has 1 aromatic rings. The van der Waals surface area contributed by atoms with Crippen LogP contribution in [0.15, 0.2) is 17.0 Å². The number of halogens is 1. The molecule has 1 saturated heterocycles. The topological polar surface area (TPSA) is 72.6 Å². The number of morpholine rings is 1. The number of nitrogens with zero attached hydrogens (tertiary/aromatic N) is 1. The molecule has 5 nitrogen and oxygen atoms in total. The van der Waals surface area contributed by atoms with E-state index < -0.39 is 15.8 Å². The summed E-state index contributed by atoms with van der Waals surface area (Å²) in [5, 5.41) is 0. The van der Waals surface area contributed by atoms with Crippen LogP contribution in [0.1, 0.15) is 18.1 Å². The third-order valence-electron chi connectivity index (χ3n) is 3.67. The van der Waals surface area contributed by atoms with Crippen LogP contribution in [0.3, 0.4) is 0 Å². The van der Waals surface area contributed by atoms with Crippen molar-refractivity contribution in [1.82, 2.24) is 4.31 Å². The maximum atomic E-state index is 13.4. The monoisotopic (exact) mass is 316 g/mol. The van der Waals surface area contributed by atoms with Crippen molar-refractivity contribution >= 4 is 10.0 Å². The van der Waals surface area contributed by atoms with Crippen molar-refractivity contribution in [3.63, 3.8) is 0 Å². The number of hydrogen-bond donors (Lipinski definition) is 1. The minimum absolute atomic E-state index is 0.175. The van der Waals surface area contributed by atoms with Gasteiger partial charge in [-0.1, -0.05) is 0 Å². The summed E-state index contributed by atoms with van der Waals surface area (Å²) in [6.45, 7) is 5.80. The Balaban J connectivity index is 2.39. The average Bonchev–Trinajstić information content (AvgIpc) is 2.37. The highest BCUT2D eigenvalue weighted by atomic mass is 32.2. The lowest BCUT2D eigenvalue weighted by Crippen LogP contribution is -2.51. The number of rotatable bonds is 3. The minimum Gasteiger partial charge on any atom is -0.374 e. The molecule has 0 aliphatic carbocycles. The predicted octanol–water partition coefficient (Wildman–Crippen LogP) is 1.18. The highest BCUT2D eigenvalue weighted by Crippen LogP contribution is 2.26. The van der Waals surface area contributed by atoms with E-state index >= 15 is 0 Å². The first-order valence-electron chi connectivity index (χ1n) is 6.87. The smallest absolute Gasteiger partial charge is 0.243 e. The molecular formula is C14H21FN2O3S. The van der Waals surface area contributed by atoms with Crippen LogP contribution in [0.4, 0.5) is 4.39 Å². The van der Waals surface area contributed by atoms with Gasteiger partial charge in [0.15, 0.2) is 0 Å². The van der Waals surface area contributed by atoms with Gasteiger partial charge in [0.05, 0.1) is 17.6 Å². The van der Waals surface area contributed by atoms with Gasteiger partial charge in [0.1, 0.15) is 5.82 Å². The van der Waals surface area contributed by atoms with Crippen molar-refractivity contribution in [2.75, 3.05) is 19.7 Å². The van der Waals surface area contributed by atoms with Gasteiger partial charge in [0, 0.05) is 19.1 Å². The molecule has 21 heavy (non-hydrogen) atoms. The lowest BCUT2D eigenvalue weighted by Gasteiger charge is -2.34. The van der Waals surface area contributed by atoms with E-state index in [4.69, 9.17) is 10.5 Å². The van der Waals surface area contributed by atoms with Gasteiger partial charge in [0.2, 0.25) is 10.0 Å². The van der Waals surface area contributed by atoms with Gasteiger partial charge >= 0.3 is 0 Å². The number of ether oxygens (including phenoxy) is 1. The molecule has 1 fully saturated rings. The lowest BCUT2D eigenvalue weighted by atomic mass is 10.1. The van der Waals surface area contributed by atoms with Crippen molar-refractivity contribution in [3.05, 3.63) is 29.1 Å². The van der Waals surface area contributed by atoms with Gasteiger partial charge in [-0.05, 0) is 44.0 Å². The molecule has 7 heteroatoms. The van der Waals surface area contributed by atoms with Crippen LogP contribution in [0, 0.1) is 19.7 Å². The maximum absolute atomic E-state index is 13.4. The predicted molar refractivity (Wildman–Crippen MR) is 78.0 cm³/mol. The molecule has 1 aliphatic rings. The van der Waals surface area contributed by atoms with Crippen molar-refractivity contribution in [1.29, 1.82) is 0 Å². The summed E-state index contributed by atoms with van der Waals surface area (Å²) >= 11 is 0. The van der Waals surface area contributed by atoms with E-state index in [1.165, 1.54) is 16.4 Å². The molecule has 2 rings (SSSR count). The second-order valence-electron chi connectivity index (χ2n) is 5.50. The molecule has 2 N–H and O–H groups in total. The molecule has 1 heterocycles. The van der Waals surface area contributed by atoms with Gasteiger partial charge in [-0.25, -0.2) is 12.8 Å². The third kappa shape index (κ3) is 3.26. The Morgan fingerprint density at radius 1 is 1.38 bits per heavy atom. The fraction of sp³-hybridized carbons (Fsp3) is 0.571. The number of aryl methyl sites for hydroxylation is 2. The van der Waals surface area contributed by atoms with Gasteiger partial charge < -0.3 is 10.5 Å². The Morgan fingerprint density at radius 2 is 1.95 bits per heavy atom. The Bertz CT molecular complexity index is 608. The summed E-state index contributed by atoms with van der Waals surface area (Å²) in [5.41, 5.74) is 6.62. The summed E-state index contributed by atoms with van der Waals surface area (Å²) in [7, 11) is -3.68. The lowest BCUT2D eigenvalue weighted by molar-refractivity contribution is -0.0120.